The van der Waals surface area contributed by atoms with Crippen LogP contribution in [0.5, 0.6) is 17.2 Å². The topological polar surface area (TPSA) is 77.1 Å². The first-order valence-corrected chi connectivity index (χ1v) is 13.0. The molecular weight excluding hydrogens is 456 g/mol. The number of nitrogens with one attached hydrogen (secondary N) is 1. The maximum absolute atomic E-state index is 13.4. The smallest absolute Gasteiger partial charge is 0.243 e. The maximum Gasteiger partial charge on any atom is 0.243 e. The van der Waals surface area contributed by atoms with E-state index in [-0.39, 0.29) is 17.9 Å². The third-order valence-electron chi connectivity index (χ3n) is 6.69. The van der Waals surface area contributed by atoms with Gasteiger partial charge in [0.05, 0.1) is 20.8 Å². The second kappa shape index (κ2) is 14.4. The lowest BCUT2D eigenvalue weighted by Crippen LogP contribution is -2.51. The van der Waals surface area contributed by atoms with E-state index in [0.717, 1.165) is 48.5 Å². The van der Waals surface area contributed by atoms with Crippen LogP contribution >= 0.6 is 0 Å². The van der Waals surface area contributed by atoms with E-state index in [2.05, 4.69) is 5.32 Å². The summed E-state index contributed by atoms with van der Waals surface area (Å²) >= 11 is 0. The summed E-state index contributed by atoms with van der Waals surface area (Å²) in [6.07, 6.45) is 6.93. The molecule has 1 atom stereocenters. The number of carbonyl (C=O) groups is 2. The van der Waals surface area contributed by atoms with Gasteiger partial charge in [0.25, 0.3) is 0 Å². The van der Waals surface area contributed by atoms with Gasteiger partial charge >= 0.3 is 0 Å². The van der Waals surface area contributed by atoms with E-state index >= 15 is 0 Å². The standard InChI is InChI=1S/C29H40N2O5/c1-4-27(29(33)30-23-11-6-5-7-12-23)31(21-22-10-8-13-26(20-22)35-3)28(32)14-9-19-36-25-17-15-24(34-2)16-18-25/h8,10,13,15-18,20,23,27H,4-7,9,11-12,14,19,21H2,1-3H3,(H,30,33)/t27-/m0/s1. The number of benzene rings is 2. The molecule has 3 rings (SSSR count). The lowest BCUT2D eigenvalue weighted by Gasteiger charge is -2.33. The zero-order chi connectivity index (χ0) is 25.8. The van der Waals surface area contributed by atoms with Crippen LogP contribution in [0.1, 0.15) is 63.9 Å². The van der Waals surface area contributed by atoms with Crippen molar-refractivity contribution in [1.82, 2.24) is 10.2 Å². The molecule has 2 amide bonds. The predicted octanol–water partition coefficient (Wildman–Crippen LogP) is 5.12. The monoisotopic (exact) mass is 496 g/mol. The second-order valence-electron chi connectivity index (χ2n) is 9.27. The Morgan fingerprint density at radius 3 is 2.33 bits per heavy atom. The van der Waals surface area contributed by atoms with Crippen LogP contribution in [-0.2, 0) is 16.1 Å². The fourth-order valence-corrected chi connectivity index (χ4v) is 4.66. The van der Waals surface area contributed by atoms with Gasteiger partial charge in [-0.1, -0.05) is 38.3 Å². The van der Waals surface area contributed by atoms with Gasteiger partial charge in [0.1, 0.15) is 23.3 Å². The molecule has 0 spiro atoms. The molecule has 2 aromatic carbocycles. The van der Waals surface area contributed by atoms with Crippen molar-refractivity contribution in [3.05, 3.63) is 54.1 Å². The van der Waals surface area contributed by atoms with Gasteiger partial charge in [0, 0.05) is 19.0 Å². The van der Waals surface area contributed by atoms with Crippen molar-refractivity contribution in [3.63, 3.8) is 0 Å². The van der Waals surface area contributed by atoms with E-state index < -0.39 is 6.04 Å². The molecule has 0 saturated heterocycles. The molecule has 1 saturated carbocycles. The first-order chi connectivity index (χ1) is 17.5. The molecule has 7 nitrogen and oxygen atoms in total. The van der Waals surface area contributed by atoms with Gasteiger partial charge in [-0.25, -0.2) is 0 Å². The Kier molecular flexibility index (Phi) is 10.9. The molecule has 0 bridgehead atoms. The number of nitrogens with zero attached hydrogens (tertiary/aromatic N) is 1. The Hall–Kier alpha value is -3.22. The first-order valence-electron chi connectivity index (χ1n) is 13.0. The third-order valence-corrected chi connectivity index (χ3v) is 6.69. The molecule has 1 aliphatic rings. The summed E-state index contributed by atoms with van der Waals surface area (Å²) < 4.78 is 16.3. The van der Waals surface area contributed by atoms with E-state index in [1.807, 2.05) is 55.5 Å². The molecule has 0 aromatic heterocycles. The predicted molar refractivity (Wildman–Crippen MR) is 140 cm³/mol. The number of hydrogen-bond acceptors (Lipinski definition) is 5. The lowest BCUT2D eigenvalue weighted by atomic mass is 9.95. The van der Waals surface area contributed by atoms with Crippen molar-refractivity contribution >= 4 is 11.8 Å². The second-order valence-corrected chi connectivity index (χ2v) is 9.27. The fourth-order valence-electron chi connectivity index (χ4n) is 4.66. The van der Waals surface area contributed by atoms with Gasteiger partial charge in [-0.15, -0.1) is 0 Å². The van der Waals surface area contributed by atoms with Crippen LogP contribution in [0.15, 0.2) is 48.5 Å². The molecule has 1 fully saturated rings. The molecule has 196 valence electrons. The van der Waals surface area contributed by atoms with Crippen LogP contribution < -0.4 is 19.5 Å². The van der Waals surface area contributed by atoms with Crippen LogP contribution in [0.4, 0.5) is 0 Å². The van der Waals surface area contributed by atoms with Crippen LogP contribution in [0.2, 0.25) is 0 Å². The molecule has 2 aromatic rings. The summed E-state index contributed by atoms with van der Waals surface area (Å²) in [6, 6.07) is 14.7. The zero-order valence-corrected chi connectivity index (χ0v) is 21.8. The summed E-state index contributed by atoms with van der Waals surface area (Å²) in [4.78, 5) is 28.5. The van der Waals surface area contributed by atoms with E-state index in [1.54, 1.807) is 19.1 Å². The summed E-state index contributed by atoms with van der Waals surface area (Å²) in [5, 5.41) is 3.22. The number of rotatable bonds is 13. The highest BCUT2D eigenvalue weighted by atomic mass is 16.5. The number of carbonyl (C=O) groups excluding carboxylic acids is 2. The molecule has 1 N–H and O–H groups in total. The minimum Gasteiger partial charge on any atom is -0.497 e. The molecule has 0 unspecified atom stereocenters. The Bertz CT molecular complexity index is 956. The molecule has 0 radical (unpaired) electrons. The first kappa shape index (κ1) is 27.4. The minimum atomic E-state index is -0.520. The number of ether oxygens (including phenoxy) is 3. The Morgan fingerprint density at radius 1 is 0.972 bits per heavy atom. The van der Waals surface area contributed by atoms with Crippen molar-refractivity contribution in [2.75, 3.05) is 20.8 Å². The highest BCUT2D eigenvalue weighted by Gasteiger charge is 2.30. The highest BCUT2D eigenvalue weighted by Crippen LogP contribution is 2.21. The number of methoxy groups -OCH3 is 2. The van der Waals surface area contributed by atoms with Crippen molar-refractivity contribution in [3.8, 4) is 17.2 Å². The van der Waals surface area contributed by atoms with Crippen molar-refractivity contribution in [2.24, 2.45) is 0 Å². The van der Waals surface area contributed by atoms with Crippen LogP contribution in [0.3, 0.4) is 0 Å². The van der Waals surface area contributed by atoms with Crippen LogP contribution in [0, 0.1) is 0 Å². The van der Waals surface area contributed by atoms with Gasteiger partial charge in [-0.05, 0) is 67.6 Å². The average Bonchev–Trinajstić information content (AvgIpc) is 2.92. The number of hydrogen-bond donors (Lipinski definition) is 1. The zero-order valence-electron chi connectivity index (χ0n) is 21.8. The fraction of sp³-hybridized carbons (Fsp3) is 0.517. The van der Waals surface area contributed by atoms with Crippen molar-refractivity contribution in [2.45, 2.75) is 76.9 Å². The van der Waals surface area contributed by atoms with Crippen LogP contribution in [0.25, 0.3) is 0 Å². The summed E-state index contributed by atoms with van der Waals surface area (Å²) in [5.41, 5.74) is 0.932. The summed E-state index contributed by atoms with van der Waals surface area (Å²) in [5.74, 6) is 2.11. The number of amides is 2. The van der Waals surface area contributed by atoms with E-state index in [4.69, 9.17) is 14.2 Å². The summed E-state index contributed by atoms with van der Waals surface area (Å²) in [6.45, 7) is 2.73. The quantitative estimate of drug-likeness (QED) is 0.390. The highest BCUT2D eigenvalue weighted by molar-refractivity contribution is 5.87. The van der Waals surface area contributed by atoms with Gasteiger partial charge in [-0.2, -0.15) is 0 Å². The largest absolute Gasteiger partial charge is 0.497 e. The molecule has 36 heavy (non-hydrogen) atoms. The molecular formula is C29H40N2O5. The van der Waals surface area contributed by atoms with Gasteiger partial charge in [0.15, 0.2) is 0 Å². The normalized spacial score (nSPS) is 14.5. The third kappa shape index (κ3) is 8.18. The Labute approximate surface area is 215 Å². The SMILES string of the molecule is CC[C@@H](C(=O)NC1CCCCC1)N(Cc1cccc(OC)c1)C(=O)CCCOc1ccc(OC)cc1. The molecule has 7 heteroatoms. The Balaban J connectivity index is 1.65. The molecule has 0 aliphatic heterocycles. The minimum absolute atomic E-state index is 0.0539. The molecule has 1 aliphatic carbocycles. The lowest BCUT2D eigenvalue weighted by molar-refractivity contribution is -0.142. The van der Waals surface area contributed by atoms with E-state index in [0.29, 0.717) is 32.4 Å². The maximum atomic E-state index is 13.4. The van der Waals surface area contributed by atoms with Gasteiger partial charge in [0.2, 0.25) is 11.8 Å². The van der Waals surface area contributed by atoms with Crippen LogP contribution in [-0.4, -0.2) is 49.6 Å². The van der Waals surface area contributed by atoms with E-state index in [9.17, 15) is 9.59 Å². The average molecular weight is 497 g/mol. The Morgan fingerprint density at radius 2 is 1.67 bits per heavy atom. The van der Waals surface area contributed by atoms with Crippen molar-refractivity contribution < 1.29 is 23.8 Å². The van der Waals surface area contributed by atoms with Gasteiger partial charge in [-0.3, -0.25) is 9.59 Å². The van der Waals surface area contributed by atoms with E-state index in [1.165, 1.54) is 6.42 Å². The van der Waals surface area contributed by atoms with Crippen molar-refractivity contribution in [1.29, 1.82) is 0 Å². The summed E-state index contributed by atoms with van der Waals surface area (Å²) in [7, 11) is 3.25. The molecule has 0 heterocycles. The van der Waals surface area contributed by atoms with Gasteiger partial charge < -0.3 is 24.4 Å².